The van der Waals surface area contributed by atoms with Crippen LogP contribution in [0.5, 0.6) is 11.5 Å². The number of rotatable bonds is 3. The maximum absolute atomic E-state index is 11.1. The quantitative estimate of drug-likeness (QED) is 0.379. The molecule has 1 heterocycles. The third kappa shape index (κ3) is 2.01. The molecule has 1 aromatic carbocycles. The lowest BCUT2D eigenvalue weighted by Gasteiger charge is -2.58. The molecule has 0 amide bonds. The Bertz CT molecular complexity index is 722. The first-order valence-corrected chi connectivity index (χ1v) is 10.1. The Morgan fingerprint density at radius 1 is 1.46 bits per heavy atom. The number of fused-ring (bicyclic) bond motifs is 2. The molecular formula is C20H25IO3. The van der Waals surface area contributed by atoms with Gasteiger partial charge in [0.1, 0.15) is 23.4 Å². The Hall–Kier alpha value is -0.910. The number of hydrogen-bond acceptors (Lipinski definition) is 3. The number of phenols is 1. The zero-order valence-electron chi connectivity index (χ0n) is 14.5. The number of phenolic OH excluding ortho intramolecular Hbond substituents is 1. The Balaban J connectivity index is 1.92. The minimum absolute atomic E-state index is 0.155. The average molecular weight is 440 g/mol. The van der Waals surface area contributed by atoms with E-state index < -0.39 is 0 Å². The number of hydrogen-bond donors (Lipinski definition) is 2. The summed E-state index contributed by atoms with van der Waals surface area (Å²) in [5.41, 5.74) is 2.51. The standard InChI is InChI=1S/C20H25IO3/c1-4-6-10-9-14-17(19(23)15(10)12(22)5-2)18-16-11(20(18,3)21)7-8-13(16)24-14/h5,9,11,13,16,18,22-23H,4,6-8H2,1-3H3/b12-5+/t11-,13-,16?,18+,20?/m1/s1. The van der Waals surface area contributed by atoms with Gasteiger partial charge in [0.05, 0.1) is 5.56 Å². The van der Waals surface area contributed by atoms with Crippen molar-refractivity contribution in [1.29, 1.82) is 0 Å². The first-order valence-electron chi connectivity index (χ1n) is 9.01. The monoisotopic (exact) mass is 440 g/mol. The molecule has 2 fully saturated rings. The van der Waals surface area contributed by atoms with E-state index in [1.165, 1.54) is 6.42 Å². The fourth-order valence-corrected chi connectivity index (χ4v) is 6.82. The maximum atomic E-state index is 11.1. The van der Waals surface area contributed by atoms with Crippen LogP contribution in [0, 0.1) is 11.8 Å². The molecule has 2 N–H and O–H groups in total. The molecular weight excluding hydrogens is 415 g/mol. The van der Waals surface area contributed by atoms with E-state index in [4.69, 9.17) is 4.74 Å². The third-order valence-electron chi connectivity index (χ3n) is 6.40. The molecule has 24 heavy (non-hydrogen) atoms. The van der Waals surface area contributed by atoms with Crippen LogP contribution in [0.3, 0.4) is 0 Å². The molecule has 0 radical (unpaired) electrons. The van der Waals surface area contributed by atoms with E-state index in [9.17, 15) is 10.2 Å². The maximum Gasteiger partial charge on any atom is 0.134 e. The number of alkyl halides is 1. The fraction of sp³-hybridized carbons (Fsp3) is 0.600. The van der Waals surface area contributed by atoms with Crippen molar-refractivity contribution in [3.05, 3.63) is 28.8 Å². The van der Waals surface area contributed by atoms with Crippen LogP contribution < -0.4 is 4.74 Å². The Labute approximate surface area is 157 Å². The van der Waals surface area contributed by atoms with Crippen molar-refractivity contribution in [3.63, 3.8) is 0 Å². The largest absolute Gasteiger partial charge is 0.508 e. The van der Waals surface area contributed by atoms with Gasteiger partial charge in [-0.15, -0.1) is 0 Å². The van der Waals surface area contributed by atoms with Crippen LogP contribution in [0.2, 0.25) is 0 Å². The molecule has 2 aliphatic carbocycles. The van der Waals surface area contributed by atoms with Crippen LogP contribution in [0.25, 0.3) is 5.76 Å². The van der Waals surface area contributed by atoms with Crippen molar-refractivity contribution in [2.75, 3.05) is 0 Å². The van der Waals surface area contributed by atoms with Gasteiger partial charge in [-0.2, -0.15) is 0 Å². The van der Waals surface area contributed by atoms with Gasteiger partial charge < -0.3 is 14.9 Å². The summed E-state index contributed by atoms with van der Waals surface area (Å²) in [6.07, 6.45) is 6.08. The molecule has 1 aromatic rings. The van der Waals surface area contributed by atoms with Gasteiger partial charge >= 0.3 is 0 Å². The van der Waals surface area contributed by atoms with Crippen LogP contribution in [0.1, 0.15) is 62.6 Å². The van der Waals surface area contributed by atoms with E-state index in [1.807, 2.05) is 0 Å². The van der Waals surface area contributed by atoms with Crippen molar-refractivity contribution >= 4 is 28.4 Å². The molecule has 4 rings (SSSR count). The Morgan fingerprint density at radius 2 is 2.21 bits per heavy atom. The minimum Gasteiger partial charge on any atom is -0.508 e. The number of aromatic hydroxyl groups is 1. The zero-order valence-corrected chi connectivity index (χ0v) is 16.6. The van der Waals surface area contributed by atoms with E-state index in [0.717, 1.165) is 36.1 Å². The molecule has 5 atom stereocenters. The van der Waals surface area contributed by atoms with E-state index in [2.05, 4.69) is 42.5 Å². The third-order valence-corrected chi connectivity index (χ3v) is 7.87. The van der Waals surface area contributed by atoms with E-state index >= 15 is 0 Å². The number of aliphatic hydroxyl groups is 1. The number of halogens is 1. The van der Waals surface area contributed by atoms with Gasteiger partial charge in [0, 0.05) is 20.8 Å². The summed E-state index contributed by atoms with van der Waals surface area (Å²) in [6.45, 7) is 6.22. The molecule has 2 unspecified atom stereocenters. The molecule has 2 saturated carbocycles. The Morgan fingerprint density at radius 3 is 2.88 bits per heavy atom. The highest BCUT2D eigenvalue weighted by atomic mass is 127. The summed E-state index contributed by atoms with van der Waals surface area (Å²) < 4.78 is 6.48. The molecule has 0 bridgehead atoms. The summed E-state index contributed by atoms with van der Waals surface area (Å²) in [5.74, 6) is 2.76. The van der Waals surface area contributed by atoms with E-state index in [-0.39, 0.29) is 14.9 Å². The number of allylic oxidation sites excluding steroid dienone is 1. The normalized spacial score (nSPS) is 36.6. The molecule has 130 valence electrons. The van der Waals surface area contributed by atoms with Gasteiger partial charge in [0.15, 0.2) is 0 Å². The van der Waals surface area contributed by atoms with Crippen LogP contribution in [-0.4, -0.2) is 19.7 Å². The lowest BCUT2D eigenvalue weighted by Crippen LogP contribution is -2.57. The smallest absolute Gasteiger partial charge is 0.134 e. The fourth-order valence-electron chi connectivity index (χ4n) is 5.36. The van der Waals surface area contributed by atoms with Crippen molar-refractivity contribution in [2.24, 2.45) is 11.8 Å². The van der Waals surface area contributed by atoms with E-state index in [0.29, 0.717) is 29.4 Å². The minimum atomic E-state index is 0.155. The topological polar surface area (TPSA) is 49.7 Å². The first-order chi connectivity index (χ1) is 11.4. The van der Waals surface area contributed by atoms with Crippen molar-refractivity contribution in [2.45, 2.75) is 61.9 Å². The number of aryl methyl sites for hydroxylation is 1. The Kier molecular flexibility index (Phi) is 3.83. The van der Waals surface area contributed by atoms with Crippen LogP contribution in [0.4, 0.5) is 0 Å². The average Bonchev–Trinajstić information content (AvgIpc) is 2.95. The van der Waals surface area contributed by atoms with E-state index in [1.54, 1.807) is 13.0 Å². The second-order valence-electron chi connectivity index (χ2n) is 7.64. The second kappa shape index (κ2) is 5.55. The molecule has 1 aliphatic heterocycles. The predicted molar refractivity (Wildman–Crippen MR) is 104 cm³/mol. The van der Waals surface area contributed by atoms with Gasteiger partial charge in [-0.25, -0.2) is 0 Å². The molecule has 4 heteroatoms. The van der Waals surface area contributed by atoms with Gasteiger partial charge in [-0.3, -0.25) is 0 Å². The van der Waals surface area contributed by atoms with Crippen molar-refractivity contribution < 1.29 is 14.9 Å². The lowest BCUT2D eigenvalue weighted by molar-refractivity contribution is 0.0122. The number of aliphatic hydroxyl groups excluding tert-OH is 1. The molecule has 0 spiro atoms. The molecule has 0 saturated heterocycles. The first kappa shape index (κ1) is 16.6. The van der Waals surface area contributed by atoms with Gasteiger partial charge in [0.2, 0.25) is 0 Å². The zero-order chi connectivity index (χ0) is 17.2. The molecule has 3 nitrogen and oxygen atoms in total. The van der Waals surface area contributed by atoms with Crippen molar-refractivity contribution in [3.8, 4) is 11.5 Å². The predicted octanol–water partition coefficient (Wildman–Crippen LogP) is 5.34. The van der Waals surface area contributed by atoms with Gasteiger partial charge in [-0.05, 0) is 56.7 Å². The highest BCUT2D eigenvalue weighted by Crippen LogP contribution is 2.71. The van der Waals surface area contributed by atoms with Gasteiger partial charge in [0.25, 0.3) is 0 Å². The van der Waals surface area contributed by atoms with Gasteiger partial charge in [-0.1, -0.05) is 35.9 Å². The number of ether oxygens (including phenoxy) is 1. The lowest BCUT2D eigenvalue weighted by atomic mass is 9.55. The van der Waals surface area contributed by atoms with Crippen LogP contribution >= 0.6 is 22.6 Å². The van der Waals surface area contributed by atoms with Crippen molar-refractivity contribution in [1.82, 2.24) is 0 Å². The number of benzene rings is 1. The highest BCUT2D eigenvalue weighted by molar-refractivity contribution is 14.1. The summed E-state index contributed by atoms with van der Waals surface area (Å²) in [5, 5.41) is 21.5. The molecule has 3 aliphatic rings. The summed E-state index contributed by atoms with van der Waals surface area (Å²) in [4.78, 5) is 0. The summed E-state index contributed by atoms with van der Waals surface area (Å²) in [7, 11) is 0. The highest BCUT2D eigenvalue weighted by Gasteiger charge is 2.66. The SMILES string of the molecule is C/C=C(/O)c1c(CCC)cc2c(c1O)[C@@H]1C3[C@@H](CC[C@H]3O2)C1(C)I. The summed E-state index contributed by atoms with van der Waals surface area (Å²) in [6, 6.07) is 2.07. The second-order valence-corrected chi connectivity index (χ2v) is 9.97. The summed E-state index contributed by atoms with van der Waals surface area (Å²) >= 11 is 2.58. The molecule has 0 aromatic heterocycles. The van der Waals surface area contributed by atoms with Crippen LogP contribution in [0.15, 0.2) is 12.1 Å². The van der Waals surface area contributed by atoms with Crippen LogP contribution in [-0.2, 0) is 6.42 Å².